The minimum absolute atomic E-state index is 0.132. The van der Waals surface area contributed by atoms with E-state index in [9.17, 15) is 14.4 Å². The van der Waals surface area contributed by atoms with Crippen molar-refractivity contribution in [3.63, 3.8) is 0 Å². The molecule has 160 valence electrons. The van der Waals surface area contributed by atoms with Gasteiger partial charge in [-0.3, -0.25) is 14.9 Å². The Morgan fingerprint density at radius 2 is 1.37 bits per heavy atom. The fraction of sp³-hybridized carbons (Fsp3) is 0.318. The molecule has 0 heterocycles. The summed E-state index contributed by atoms with van der Waals surface area (Å²) in [5, 5.41) is 2.17. The molecule has 30 heavy (non-hydrogen) atoms. The van der Waals surface area contributed by atoms with Crippen LogP contribution < -0.4 is 19.5 Å². The number of nitrogens with one attached hydrogen (secondary N) is 1. The first-order valence-electron chi connectivity index (χ1n) is 9.62. The van der Waals surface area contributed by atoms with E-state index >= 15 is 0 Å². The van der Waals surface area contributed by atoms with Gasteiger partial charge in [0.25, 0.3) is 11.8 Å². The monoisotopic (exact) mass is 415 g/mol. The first-order chi connectivity index (χ1) is 14.5. The van der Waals surface area contributed by atoms with Gasteiger partial charge in [-0.1, -0.05) is 18.2 Å². The third-order valence-corrected chi connectivity index (χ3v) is 3.77. The molecule has 2 aromatic rings. The first-order valence-corrected chi connectivity index (χ1v) is 9.62. The topological polar surface area (TPSA) is 100 Å². The maximum atomic E-state index is 12.4. The molecule has 0 saturated carbocycles. The second-order valence-electron chi connectivity index (χ2n) is 5.92. The SMILES string of the molecule is CCOc1cc(C(=O)OCC(=O)NC(=O)c2ccccc2)cc(OCC)c1OCC. The van der Waals surface area contributed by atoms with Crippen LogP contribution in [0.2, 0.25) is 0 Å². The Labute approximate surface area is 175 Å². The molecule has 2 aromatic carbocycles. The lowest BCUT2D eigenvalue weighted by molar-refractivity contribution is -0.123. The molecule has 0 aliphatic heterocycles. The van der Waals surface area contributed by atoms with Crippen LogP contribution in [0.25, 0.3) is 0 Å². The third kappa shape index (κ3) is 6.23. The van der Waals surface area contributed by atoms with Crippen LogP contribution in [0.4, 0.5) is 0 Å². The van der Waals surface area contributed by atoms with Crippen molar-refractivity contribution < 1.29 is 33.3 Å². The summed E-state index contributed by atoms with van der Waals surface area (Å²) in [5.41, 5.74) is 0.457. The molecule has 0 radical (unpaired) electrons. The Bertz CT molecular complexity index is 853. The van der Waals surface area contributed by atoms with Crippen LogP contribution in [0.1, 0.15) is 41.5 Å². The van der Waals surface area contributed by atoms with E-state index in [0.717, 1.165) is 0 Å². The third-order valence-electron chi connectivity index (χ3n) is 3.77. The standard InChI is InChI=1S/C22H25NO7/c1-4-27-17-12-16(13-18(28-5-2)20(17)29-6-3)22(26)30-14-19(24)23-21(25)15-10-8-7-9-11-15/h7-13H,4-6,14H2,1-3H3,(H,23,24,25). The summed E-state index contributed by atoms with van der Waals surface area (Å²) >= 11 is 0. The van der Waals surface area contributed by atoms with Gasteiger partial charge in [0.15, 0.2) is 18.1 Å². The number of carbonyl (C=O) groups excluding carboxylic acids is 3. The van der Waals surface area contributed by atoms with Crippen LogP contribution in [0.5, 0.6) is 17.2 Å². The van der Waals surface area contributed by atoms with Gasteiger partial charge in [0.2, 0.25) is 5.75 Å². The zero-order valence-corrected chi connectivity index (χ0v) is 17.2. The predicted molar refractivity (Wildman–Crippen MR) is 109 cm³/mol. The molecular formula is C22H25NO7. The molecule has 0 aliphatic rings. The molecule has 2 rings (SSSR count). The Morgan fingerprint density at radius 3 is 1.90 bits per heavy atom. The van der Waals surface area contributed by atoms with Gasteiger partial charge in [-0.2, -0.15) is 0 Å². The normalized spacial score (nSPS) is 10.1. The highest BCUT2D eigenvalue weighted by atomic mass is 16.5. The van der Waals surface area contributed by atoms with Crippen LogP contribution in [-0.4, -0.2) is 44.2 Å². The van der Waals surface area contributed by atoms with Gasteiger partial charge < -0.3 is 18.9 Å². The molecule has 8 heteroatoms. The Balaban J connectivity index is 2.08. The minimum Gasteiger partial charge on any atom is -0.490 e. The number of hydrogen-bond acceptors (Lipinski definition) is 7. The summed E-state index contributed by atoms with van der Waals surface area (Å²) in [6.45, 7) is 5.91. The second kappa shape index (κ2) is 11.5. The van der Waals surface area contributed by atoms with Gasteiger partial charge >= 0.3 is 5.97 Å². The molecular weight excluding hydrogens is 390 g/mol. The lowest BCUT2D eigenvalue weighted by atomic mass is 10.2. The molecule has 0 saturated heterocycles. The zero-order valence-electron chi connectivity index (χ0n) is 17.2. The van der Waals surface area contributed by atoms with E-state index < -0.39 is 24.4 Å². The van der Waals surface area contributed by atoms with Gasteiger partial charge in [-0.05, 0) is 45.0 Å². The fourth-order valence-electron chi connectivity index (χ4n) is 2.55. The van der Waals surface area contributed by atoms with Crippen molar-refractivity contribution in [3.05, 3.63) is 53.6 Å². The number of esters is 1. The second-order valence-corrected chi connectivity index (χ2v) is 5.92. The number of benzene rings is 2. The van der Waals surface area contributed by atoms with Gasteiger partial charge in [-0.25, -0.2) is 4.79 Å². The molecule has 0 bridgehead atoms. The van der Waals surface area contributed by atoms with Gasteiger partial charge in [-0.15, -0.1) is 0 Å². The van der Waals surface area contributed by atoms with Gasteiger partial charge in [0.05, 0.1) is 25.4 Å². The van der Waals surface area contributed by atoms with Crippen LogP contribution >= 0.6 is 0 Å². The molecule has 0 atom stereocenters. The van der Waals surface area contributed by atoms with E-state index in [2.05, 4.69) is 5.32 Å². The van der Waals surface area contributed by atoms with Crippen LogP contribution in [0.15, 0.2) is 42.5 Å². The van der Waals surface area contributed by atoms with Gasteiger partial charge in [0.1, 0.15) is 0 Å². The highest BCUT2D eigenvalue weighted by Crippen LogP contribution is 2.39. The summed E-state index contributed by atoms with van der Waals surface area (Å²) in [6, 6.07) is 11.2. The summed E-state index contributed by atoms with van der Waals surface area (Å²) in [7, 11) is 0. The summed E-state index contributed by atoms with van der Waals surface area (Å²) in [6.07, 6.45) is 0. The smallest absolute Gasteiger partial charge is 0.338 e. The predicted octanol–water partition coefficient (Wildman–Crippen LogP) is 3.00. The van der Waals surface area contributed by atoms with Crippen LogP contribution in [0, 0.1) is 0 Å². The van der Waals surface area contributed by atoms with E-state index in [-0.39, 0.29) is 5.56 Å². The van der Waals surface area contributed by atoms with Crippen LogP contribution in [-0.2, 0) is 9.53 Å². The summed E-state index contributed by atoms with van der Waals surface area (Å²) in [4.78, 5) is 36.4. The van der Waals surface area contributed by atoms with Gasteiger partial charge in [0, 0.05) is 5.56 Å². The van der Waals surface area contributed by atoms with Crippen molar-refractivity contribution in [2.75, 3.05) is 26.4 Å². The average Bonchev–Trinajstić information content (AvgIpc) is 2.75. The van der Waals surface area contributed by atoms with Crippen molar-refractivity contribution in [3.8, 4) is 17.2 Å². The molecule has 0 spiro atoms. The molecule has 0 unspecified atom stereocenters. The number of rotatable bonds is 10. The molecule has 1 N–H and O–H groups in total. The quantitative estimate of drug-likeness (QED) is 0.596. The summed E-state index contributed by atoms with van der Waals surface area (Å²) < 4.78 is 21.7. The van der Waals surface area contributed by atoms with Crippen molar-refractivity contribution in [1.29, 1.82) is 0 Å². The zero-order chi connectivity index (χ0) is 21.9. The van der Waals surface area contributed by atoms with Crippen molar-refractivity contribution in [1.82, 2.24) is 5.32 Å². The Morgan fingerprint density at radius 1 is 0.800 bits per heavy atom. The van der Waals surface area contributed by atoms with Crippen molar-refractivity contribution >= 4 is 17.8 Å². The highest BCUT2D eigenvalue weighted by molar-refractivity contribution is 6.05. The maximum Gasteiger partial charge on any atom is 0.338 e. The first kappa shape index (κ1) is 22.7. The number of imide groups is 1. The van der Waals surface area contributed by atoms with Crippen molar-refractivity contribution in [2.24, 2.45) is 0 Å². The fourth-order valence-corrected chi connectivity index (χ4v) is 2.55. The van der Waals surface area contributed by atoms with Crippen LogP contribution in [0.3, 0.4) is 0 Å². The molecule has 0 aliphatic carbocycles. The molecule has 2 amide bonds. The van der Waals surface area contributed by atoms with E-state index in [4.69, 9.17) is 18.9 Å². The number of hydrogen-bond donors (Lipinski definition) is 1. The number of carbonyl (C=O) groups is 3. The van der Waals surface area contributed by atoms with E-state index in [1.807, 2.05) is 6.92 Å². The lowest BCUT2D eigenvalue weighted by Gasteiger charge is -2.16. The number of ether oxygens (including phenoxy) is 4. The Hall–Kier alpha value is -3.55. The van der Waals surface area contributed by atoms with E-state index in [0.29, 0.717) is 42.6 Å². The highest BCUT2D eigenvalue weighted by Gasteiger charge is 2.20. The summed E-state index contributed by atoms with van der Waals surface area (Å²) in [5.74, 6) is -1.01. The maximum absolute atomic E-state index is 12.4. The molecule has 8 nitrogen and oxygen atoms in total. The average molecular weight is 415 g/mol. The molecule has 0 aromatic heterocycles. The minimum atomic E-state index is -0.762. The largest absolute Gasteiger partial charge is 0.490 e. The van der Waals surface area contributed by atoms with E-state index in [1.54, 1.807) is 44.2 Å². The molecule has 0 fully saturated rings. The van der Waals surface area contributed by atoms with Crippen molar-refractivity contribution in [2.45, 2.75) is 20.8 Å². The number of amides is 2. The Kier molecular flexibility index (Phi) is 8.68. The van der Waals surface area contributed by atoms with E-state index in [1.165, 1.54) is 12.1 Å². The lowest BCUT2D eigenvalue weighted by Crippen LogP contribution is -2.34.